The molecule has 2 aliphatic rings. The van der Waals surface area contributed by atoms with Crippen molar-refractivity contribution in [3.05, 3.63) is 59.4 Å². The minimum Gasteiger partial charge on any atom is -0.618 e. The number of aromatic nitrogens is 1. The molecule has 204 valence electrons. The van der Waals surface area contributed by atoms with Gasteiger partial charge in [-0.05, 0) is 43.2 Å². The fraction of sp³-hybridized carbons (Fsp3) is 0.417. The van der Waals surface area contributed by atoms with Crippen LogP contribution in [0.15, 0.2) is 53.7 Å². The Morgan fingerprint density at radius 2 is 1.92 bits per heavy atom. The summed E-state index contributed by atoms with van der Waals surface area (Å²) in [4.78, 5) is 40.5. The molecule has 4 rings (SSSR count). The second-order valence-corrected chi connectivity index (χ2v) is 10.8. The van der Waals surface area contributed by atoms with Crippen molar-refractivity contribution in [2.75, 3.05) is 13.1 Å². The van der Waals surface area contributed by atoms with Crippen molar-refractivity contribution >= 4 is 27.6 Å². The topological polar surface area (TPSA) is 140 Å². The Labute approximate surface area is 217 Å². The van der Waals surface area contributed by atoms with Crippen LogP contribution in [0.5, 0.6) is 5.75 Å². The van der Waals surface area contributed by atoms with Gasteiger partial charge in [-0.15, -0.1) is 0 Å². The molecule has 1 aromatic carbocycles. The van der Waals surface area contributed by atoms with Crippen LogP contribution < -0.4 is 14.8 Å². The number of Topliss-reactive ketones (excluding diaryl/α,β-unsaturated/α-hetero) is 1. The number of ketones is 1. The number of nitrogens with zero attached hydrogens (tertiary/aromatic N) is 3. The summed E-state index contributed by atoms with van der Waals surface area (Å²) in [6, 6.07) is 6.02. The molecular weight excluding hydrogens is 526 g/mol. The quantitative estimate of drug-likeness (QED) is 0.362. The highest BCUT2D eigenvalue weighted by Gasteiger charge is 2.55. The van der Waals surface area contributed by atoms with Crippen molar-refractivity contribution in [2.24, 2.45) is 0 Å². The first-order valence-corrected chi connectivity index (χ1v) is 13.4. The van der Waals surface area contributed by atoms with Gasteiger partial charge in [0.15, 0.2) is 12.0 Å². The van der Waals surface area contributed by atoms with Gasteiger partial charge in [0.25, 0.3) is 5.91 Å². The first-order valence-electron chi connectivity index (χ1n) is 11.9. The molecule has 2 amide bonds. The van der Waals surface area contributed by atoms with Crippen molar-refractivity contribution in [3.63, 3.8) is 0 Å². The third-order valence-electron chi connectivity index (χ3n) is 6.54. The summed E-state index contributed by atoms with van der Waals surface area (Å²) in [5.41, 5.74) is 0.114. The second-order valence-electron chi connectivity index (χ2n) is 8.93. The van der Waals surface area contributed by atoms with Gasteiger partial charge in [0, 0.05) is 24.2 Å². The molecule has 11 nitrogen and oxygen atoms in total. The number of rotatable bonds is 9. The highest BCUT2D eigenvalue weighted by molar-refractivity contribution is 7.89. The Morgan fingerprint density at radius 3 is 2.55 bits per heavy atom. The van der Waals surface area contributed by atoms with E-state index in [-0.39, 0.29) is 35.4 Å². The lowest BCUT2D eigenvalue weighted by molar-refractivity contribution is -0.646. The zero-order valence-corrected chi connectivity index (χ0v) is 21.1. The van der Waals surface area contributed by atoms with E-state index >= 15 is 0 Å². The number of hydrogen-bond acceptors (Lipinski definition) is 7. The highest BCUT2D eigenvalue weighted by atomic mass is 32.2. The first kappa shape index (κ1) is 27.4. The lowest BCUT2D eigenvalue weighted by Gasteiger charge is -2.28. The van der Waals surface area contributed by atoms with Crippen LogP contribution in [0.2, 0.25) is 0 Å². The number of nitrogens with one attached hydrogen (secondary N) is 1. The van der Waals surface area contributed by atoms with Gasteiger partial charge >= 0.3 is 21.7 Å². The molecule has 14 heteroatoms. The van der Waals surface area contributed by atoms with Gasteiger partial charge in [0.2, 0.25) is 5.91 Å². The van der Waals surface area contributed by atoms with E-state index in [1.165, 1.54) is 41.3 Å². The van der Waals surface area contributed by atoms with E-state index in [0.29, 0.717) is 6.42 Å². The normalized spacial score (nSPS) is 20.4. The number of halogens is 2. The van der Waals surface area contributed by atoms with Crippen LogP contribution in [0.1, 0.15) is 36.5 Å². The molecule has 1 N–H and O–H groups in total. The number of carbonyl (C=O) groups excluding carboxylic acids is 3. The van der Waals surface area contributed by atoms with Gasteiger partial charge in [-0.3, -0.25) is 14.4 Å². The molecule has 3 atom stereocenters. The van der Waals surface area contributed by atoms with Gasteiger partial charge in [-0.25, -0.2) is 8.42 Å². The maximum atomic E-state index is 13.5. The number of sulfonamides is 1. The molecule has 0 aliphatic carbocycles. The van der Waals surface area contributed by atoms with Crippen molar-refractivity contribution in [1.29, 1.82) is 0 Å². The van der Waals surface area contributed by atoms with Crippen LogP contribution in [-0.4, -0.2) is 73.0 Å². The Morgan fingerprint density at radius 1 is 1.21 bits per heavy atom. The third-order valence-corrected chi connectivity index (χ3v) is 8.41. The minimum atomic E-state index is -4.30. The number of likely N-dealkylation sites (tertiary alicyclic amines) is 1. The molecule has 3 heterocycles. The number of fused-ring (bicyclic) bond motifs is 1. The predicted octanol–water partition coefficient (Wildman–Crippen LogP) is 1.06. The van der Waals surface area contributed by atoms with Crippen LogP contribution in [-0.2, 0) is 19.6 Å². The zero-order valence-electron chi connectivity index (χ0n) is 20.3. The molecule has 2 saturated heterocycles. The number of carbonyl (C=O) groups is 3. The summed E-state index contributed by atoms with van der Waals surface area (Å²) in [5.74, 6) is -1.76. The molecule has 0 saturated carbocycles. The van der Waals surface area contributed by atoms with Gasteiger partial charge in [-0.1, -0.05) is 13.3 Å². The molecule has 0 bridgehead atoms. The van der Waals surface area contributed by atoms with E-state index in [1.807, 2.05) is 6.92 Å². The Kier molecular flexibility index (Phi) is 7.92. The summed E-state index contributed by atoms with van der Waals surface area (Å²) >= 11 is 0. The molecule has 38 heavy (non-hydrogen) atoms. The van der Waals surface area contributed by atoms with Crippen LogP contribution in [0.25, 0.3) is 0 Å². The van der Waals surface area contributed by atoms with Crippen molar-refractivity contribution in [2.45, 2.75) is 55.9 Å². The molecule has 2 aromatic rings. The standard InChI is InChI=1S/C24H26F2N4O7S/c1-2-5-17(27-22(32)15-7-9-16(10-8-15)37-24(25)26)23(33)28-13-11-18-21(28)19(31)14-30(18)38(35,36)20-6-3-4-12-29(20)34/h3-4,6-10,12,17-18,21,24H,2,5,11,13-14H2,1H3,(H,27,32). The van der Waals surface area contributed by atoms with Crippen LogP contribution in [0, 0.1) is 5.21 Å². The van der Waals surface area contributed by atoms with E-state index in [9.17, 15) is 36.8 Å². The highest BCUT2D eigenvalue weighted by Crippen LogP contribution is 2.34. The molecule has 3 unspecified atom stereocenters. The monoisotopic (exact) mass is 552 g/mol. The molecule has 0 spiro atoms. The van der Waals surface area contributed by atoms with Gasteiger partial charge in [0.1, 0.15) is 17.8 Å². The Hall–Kier alpha value is -3.65. The number of benzene rings is 1. The first-order chi connectivity index (χ1) is 18.0. The van der Waals surface area contributed by atoms with Crippen molar-refractivity contribution in [3.8, 4) is 5.75 Å². The fourth-order valence-electron chi connectivity index (χ4n) is 4.85. The van der Waals surface area contributed by atoms with E-state index in [2.05, 4.69) is 10.1 Å². The fourth-order valence-corrected chi connectivity index (χ4v) is 6.50. The average Bonchev–Trinajstić information content (AvgIpc) is 3.45. The molecule has 2 fully saturated rings. The molecular formula is C24H26F2N4O7S. The van der Waals surface area contributed by atoms with Crippen LogP contribution in [0.3, 0.4) is 0 Å². The number of hydrogen-bond donors (Lipinski definition) is 1. The number of pyridine rings is 1. The number of ether oxygens (including phenoxy) is 1. The number of alkyl halides is 2. The second kappa shape index (κ2) is 11.0. The van der Waals surface area contributed by atoms with Gasteiger partial charge < -0.3 is 20.2 Å². The Bertz CT molecular complexity index is 1320. The van der Waals surface area contributed by atoms with Crippen LogP contribution in [0.4, 0.5) is 8.78 Å². The summed E-state index contributed by atoms with van der Waals surface area (Å²) in [6.45, 7) is -1.59. The van der Waals surface area contributed by atoms with Crippen molar-refractivity contribution < 1.29 is 41.0 Å². The molecule has 0 radical (unpaired) electrons. The summed E-state index contributed by atoms with van der Waals surface area (Å²) in [5, 5.41) is 14.2. The van der Waals surface area contributed by atoms with Gasteiger partial charge in [0.05, 0.1) is 12.6 Å². The van der Waals surface area contributed by atoms with E-state index in [1.54, 1.807) is 0 Å². The largest absolute Gasteiger partial charge is 0.618 e. The lowest BCUT2D eigenvalue weighted by atomic mass is 10.1. The predicted molar refractivity (Wildman–Crippen MR) is 127 cm³/mol. The van der Waals surface area contributed by atoms with E-state index in [4.69, 9.17) is 0 Å². The average molecular weight is 553 g/mol. The van der Waals surface area contributed by atoms with Crippen molar-refractivity contribution in [1.82, 2.24) is 14.5 Å². The summed E-state index contributed by atoms with van der Waals surface area (Å²) in [6.07, 6.45) is 2.00. The maximum Gasteiger partial charge on any atom is 0.387 e. The third kappa shape index (κ3) is 5.31. The smallest absolute Gasteiger partial charge is 0.387 e. The SMILES string of the molecule is CCCC(NC(=O)c1ccc(OC(F)F)cc1)C(=O)N1CCC2C1C(=O)CN2S(=O)(=O)c1cccc[n+]1[O-]. The Balaban J connectivity index is 1.50. The zero-order chi connectivity index (χ0) is 27.6. The summed E-state index contributed by atoms with van der Waals surface area (Å²) in [7, 11) is -4.30. The van der Waals surface area contributed by atoms with Gasteiger partial charge in [-0.2, -0.15) is 17.8 Å². The van der Waals surface area contributed by atoms with Crippen LogP contribution >= 0.6 is 0 Å². The minimum absolute atomic E-state index is 0.0911. The summed E-state index contributed by atoms with van der Waals surface area (Å²) < 4.78 is 56.6. The number of amides is 2. The van der Waals surface area contributed by atoms with E-state index in [0.717, 1.165) is 16.6 Å². The molecule has 1 aromatic heterocycles. The molecule has 2 aliphatic heterocycles. The lowest BCUT2D eigenvalue weighted by Crippen LogP contribution is -2.52. The van der Waals surface area contributed by atoms with E-state index < -0.39 is 63.9 Å². The maximum absolute atomic E-state index is 13.5.